The third kappa shape index (κ3) is 8.16. The van der Waals surface area contributed by atoms with Gasteiger partial charge >= 0.3 is 0 Å². The van der Waals surface area contributed by atoms with Crippen molar-refractivity contribution >= 4 is 5.69 Å². The van der Waals surface area contributed by atoms with Gasteiger partial charge in [-0.1, -0.05) is 27.7 Å². The van der Waals surface area contributed by atoms with E-state index >= 15 is 0 Å². The molecule has 0 aliphatic rings. The van der Waals surface area contributed by atoms with Crippen LogP contribution in [0.1, 0.15) is 40.2 Å². The molecular formula is C25H31F2NO3. The predicted octanol–water partition coefficient (Wildman–Crippen LogP) is 7.37. The van der Waals surface area contributed by atoms with E-state index in [1.165, 1.54) is 0 Å². The lowest BCUT2D eigenvalue weighted by Gasteiger charge is -2.11. The van der Waals surface area contributed by atoms with Crippen LogP contribution in [0.2, 0.25) is 0 Å². The van der Waals surface area contributed by atoms with Gasteiger partial charge in [0.05, 0.1) is 12.3 Å². The Hall–Kier alpha value is -3.28. The van der Waals surface area contributed by atoms with Crippen molar-refractivity contribution in [3.63, 3.8) is 0 Å². The van der Waals surface area contributed by atoms with Crippen LogP contribution in [0.4, 0.5) is 14.5 Å². The summed E-state index contributed by atoms with van der Waals surface area (Å²) in [5.74, 6) is 1.24. The predicted molar refractivity (Wildman–Crippen MR) is 122 cm³/mol. The molecule has 0 aliphatic heterocycles. The number of rotatable bonds is 7. The fourth-order valence-electron chi connectivity index (χ4n) is 2.42. The lowest BCUT2D eigenvalue weighted by molar-refractivity contribution is 0.298. The highest BCUT2D eigenvalue weighted by Gasteiger charge is 2.07. The number of hydrogen-bond acceptors (Lipinski definition) is 4. The second-order valence-corrected chi connectivity index (χ2v) is 5.73. The van der Waals surface area contributed by atoms with E-state index < -0.39 is 11.6 Å². The number of ether oxygens (including phenoxy) is 3. The summed E-state index contributed by atoms with van der Waals surface area (Å²) in [6.07, 6.45) is 0. The van der Waals surface area contributed by atoms with E-state index in [0.29, 0.717) is 35.3 Å². The Bertz CT molecular complexity index is 915. The SMILES string of the molecule is CC.CC.CCOc1ccc(Oc2ccc(OCc3cc(F)ccc3F)cc2)c(N)c1. The molecule has 3 aromatic carbocycles. The Morgan fingerprint density at radius 2 is 1.35 bits per heavy atom. The molecule has 0 heterocycles. The second kappa shape index (κ2) is 13.9. The van der Waals surface area contributed by atoms with Gasteiger partial charge in [0.15, 0.2) is 5.75 Å². The van der Waals surface area contributed by atoms with Crippen molar-refractivity contribution in [3.8, 4) is 23.0 Å². The molecule has 3 aromatic rings. The molecule has 2 N–H and O–H groups in total. The maximum absolute atomic E-state index is 13.6. The molecule has 4 nitrogen and oxygen atoms in total. The summed E-state index contributed by atoms with van der Waals surface area (Å²) in [7, 11) is 0. The molecular weight excluding hydrogens is 400 g/mol. The van der Waals surface area contributed by atoms with Crippen LogP contribution in [-0.4, -0.2) is 6.61 Å². The number of nitrogens with two attached hydrogens (primary N) is 1. The Morgan fingerprint density at radius 1 is 0.742 bits per heavy atom. The van der Waals surface area contributed by atoms with Crippen LogP contribution in [-0.2, 0) is 6.61 Å². The maximum Gasteiger partial charge on any atom is 0.150 e. The molecule has 0 spiro atoms. The van der Waals surface area contributed by atoms with Gasteiger partial charge in [0, 0.05) is 11.6 Å². The van der Waals surface area contributed by atoms with Gasteiger partial charge in [0.2, 0.25) is 0 Å². The first kappa shape index (κ1) is 25.8. The fraction of sp³-hybridized carbons (Fsp3) is 0.280. The number of anilines is 1. The molecule has 0 aliphatic carbocycles. The van der Waals surface area contributed by atoms with Crippen molar-refractivity contribution in [3.05, 3.63) is 77.9 Å². The monoisotopic (exact) mass is 431 g/mol. The molecule has 0 unspecified atom stereocenters. The summed E-state index contributed by atoms with van der Waals surface area (Å²) in [6.45, 7) is 10.4. The summed E-state index contributed by atoms with van der Waals surface area (Å²) in [5.41, 5.74) is 6.58. The van der Waals surface area contributed by atoms with Crippen molar-refractivity contribution in [2.75, 3.05) is 12.3 Å². The van der Waals surface area contributed by atoms with Gasteiger partial charge in [-0.3, -0.25) is 0 Å². The van der Waals surface area contributed by atoms with Crippen LogP contribution in [0, 0.1) is 11.6 Å². The van der Waals surface area contributed by atoms with E-state index in [9.17, 15) is 8.78 Å². The van der Waals surface area contributed by atoms with Crippen molar-refractivity contribution in [1.29, 1.82) is 0 Å². The first-order chi connectivity index (χ1) is 15.0. The second-order valence-electron chi connectivity index (χ2n) is 5.73. The third-order valence-electron chi connectivity index (χ3n) is 3.75. The molecule has 0 saturated carbocycles. The summed E-state index contributed by atoms with van der Waals surface area (Å²) in [5, 5.41) is 0. The first-order valence-corrected chi connectivity index (χ1v) is 10.4. The van der Waals surface area contributed by atoms with Gasteiger partial charge in [-0.2, -0.15) is 0 Å². The van der Waals surface area contributed by atoms with Crippen LogP contribution in [0.5, 0.6) is 23.0 Å². The third-order valence-corrected chi connectivity index (χ3v) is 3.75. The Kier molecular flexibility index (Phi) is 11.5. The zero-order chi connectivity index (χ0) is 23.2. The largest absolute Gasteiger partial charge is 0.494 e. The molecule has 0 atom stereocenters. The number of hydrogen-bond donors (Lipinski definition) is 1. The van der Waals surface area contributed by atoms with E-state index in [1.54, 1.807) is 42.5 Å². The molecule has 0 amide bonds. The minimum atomic E-state index is -0.512. The first-order valence-electron chi connectivity index (χ1n) is 10.4. The molecule has 3 rings (SSSR count). The average molecular weight is 432 g/mol. The molecule has 168 valence electrons. The highest BCUT2D eigenvalue weighted by molar-refractivity contribution is 5.57. The summed E-state index contributed by atoms with van der Waals surface area (Å²) in [4.78, 5) is 0. The zero-order valence-electron chi connectivity index (χ0n) is 18.7. The van der Waals surface area contributed by atoms with Gasteiger partial charge in [-0.05, 0) is 61.5 Å². The Labute approximate surface area is 183 Å². The summed E-state index contributed by atoms with van der Waals surface area (Å²) >= 11 is 0. The molecule has 31 heavy (non-hydrogen) atoms. The van der Waals surface area contributed by atoms with E-state index in [2.05, 4.69) is 0 Å². The molecule has 0 aromatic heterocycles. The lowest BCUT2D eigenvalue weighted by atomic mass is 10.2. The highest BCUT2D eigenvalue weighted by Crippen LogP contribution is 2.31. The summed E-state index contributed by atoms with van der Waals surface area (Å²) in [6, 6.07) is 15.2. The van der Waals surface area contributed by atoms with Gasteiger partial charge < -0.3 is 19.9 Å². The van der Waals surface area contributed by atoms with E-state index in [1.807, 2.05) is 34.6 Å². The van der Waals surface area contributed by atoms with Crippen LogP contribution >= 0.6 is 0 Å². The molecule has 0 fully saturated rings. The van der Waals surface area contributed by atoms with E-state index in [-0.39, 0.29) is 12.2 Å². The highest BCUT2D eigenvalue weighted by atomic mass is 19.1. The normalized spacial score (nSPS) is 9.52. The minimum Gasteiger partial charge on any atom is -0.494 e. The fourth-order valence-corrected chi connectivity index (χ4v) is 2.42. The maximum atomic E-state index is 13.6. The number of nitrogen functional groups attached to an aromatic ring is 1. The van der Waals surface area contributed by atoms with Crippen molar-refractivity contribution in [2.45, 2.75) is 41.2 Å². The van der Waals surface area contributed by atoms with E-state index in [0.717, 1.165) is 18.2 Å². The molecule has 6 heteroatoms. The topological polar surface area (TPSA) is 53.7 Å². The van der Waals surface area contributed by atoms with Crippen molar-refractivity contribution in [1.82, 2.24) is 0 Å². The smallest absolute Gasteiger partial charge is 0.150 e. The van der Waals surface area contributed by atoms with Gasteiger partial charge in [-0.25, -0.2) is 8.78 Å². The van der Waals surface area contributed by atoms with E-state index in [4.69, 9.17) is 19.9 Å². The standard InChI is InChI=1S/C21H19F2NO3.2C2H6/c1-2-25-18-8-10-21(20(24)12-18)27-17-6-4-16(5-7-17)26-13-14-11-15(22)3-9-19(14)23;2*1-2/h3-12H,2,13,24H2,1H3;2*1-2H3. The van der Waals surface area contributed by atoms with Gasteiger partial charge in [0.25, 0.3) is 0 Å². The average Bonchev–Trinajstić information content (AvgIpc) is 2.80. The zero-order valence-corrected chi connectivity index (χ0v) is 18.7. The lowest BCUT2D eigenvalue weighted by Crippen LogP contribution is -1.99. The van der Waals surface area contributed by atoms with Crippen LogP contribution in [0.3, 0.4) is 0 Å². The Balaban J connectivity index is 0.00000113. The van der Waals surface area contributed by atoms with Crippen LogP contribution in [0.25, 0.3) is 0 Å². The molecule has 0 saturated heterocycles. The van der Waals surface area contributed by atoms with Crippen LogP contribution in [0.15, 0.2) is 60.7 Å². The number of benzene rings is 3. The Morgan fingerprint density at radius 3 is 1.97 bits per heavy atom. The van der Waals surface area contributed by atoms with Gasteiger partial charge in [0.1, 0.15) is 35.5 Å². The van der Waals surface area contributed by atoms with Crippen LogP contribution < -0.4 is 19.9 Å². The molecule has 0 bridgehead atoms. The number of halogens is 2. The minimum absolute atomic E-state index is 0.0738. The van der Waals surface area contributed by atoms with Crippen molar-refractivity contribution < 1.29 is 23.0 Å². The van der Waals surface area contributed by atoms with Gasteiger partial charge in [-0.15, -0.1) is 0 Å². The summed E-state index contributed by atoms with van der Waals surface area (Å²) < 4.78 is 43.4. The molecule has 0 radical (unpaired) electrons. The quantitative estimate of drug-likeness (QED) is 0.397. The van der Waals surface area contributed by atoms with Crippen molar-refractivity contribution in [2.24, 2.45) is 0 Å².